The lowest BCUT2D eigenvalue weighted by Gasteiger charge is -2.05. The molecule has 6 nitrogen and oxygen atoms in total. The molecular weight excluding hydrogens is 304 g/mol. The molecule has 0 unspecified atom stereocenters. The second-order valence-corrected chi connectivity index (χ2v) is 5.74. The molecule has 0 saturated carbocycles. The Morgan fingerprint density at radius 2 is 2.17 bits per heavy atom. The van der Waals surface area contributed by atoms with Crippen LogP contribution in [0.2, 0.25) is 0 Å². The van der Waals surface area contributed by atoms with Gasteiger partial charge in [-0.2, -0.15) is 5.26 Å². The van der Waals surface area contributed by atoms with Crippen molar-refractivity contribution in [1.82, 2.24) is 15.0 Å². The van der Waals surface area contributed by atoms with Crippen molar-refractivity contribution in [3.05, 3.63) is 40.4 Å². The molecule has 1 N–H and O–H groups in total. The zero-order valence-electron chi connectivity index (χ0n) is 14.5. The van der Waals surface area contributed by atoms with Gasteiger partial charge in [0, 0.05) is 24.0 Å². The smallest absolute Gasteiger partial charge is 0.261 e. The van der Waals surface area contributed by atoms with Crippen molar-refractivity contribution in [2.75, 3.05) is 6.54 Å². The van der Waals surface area contributed by atoms with Crippen molar-refractivity contribution >= 4 is 12.0 Å². The summed E-state index contributed by atoms with van der Waals surface area (Å²) >= 11 is 0. The SMILES string of the molecule is CCCCNC(=O)/C(C#N)=C/c1cc(C)n(-c2cc(C)on2)c1C. The Kier molecular flexibility index (Phi) is 5.59. The number of aromatic nitrogens is 2. The minimum Gasteiger partial charge on any atom is -0.360 e. The Balaban J connectivity index is 2.32. The number of carbonyl (C=O) groups excluding carboxylic acids is 1. The van der Waals surface area contributed by atoms with Gasteiger partial charge in [-0.1, -0.05) is 18.5 Å². The number of unbranched alkanes of at least 4 members (excludes halogenated alkanes) is 1. The third-order valence-corrected chi connectivity index (χ3v) is 3.80. The molecule has 0 aromatic carbocycles. The van der Waals surface area contributed by atoms with Gasteiger partial charge >= 0.3 is 0 Å². The molecule has 0 bridgehead atoms. The number of rotatable bonds is 6. The first-order valence-corrected chi connectivity index (χ1v) is 8.00. The van der Waals surface area contributed by atoms with Crippen molar-refractivity contribution in [3.63, 3.8) is 0 Å². The van der Waals surface area contributed by atoms with E-state index in [1.54, 1.807) is 6.08 Å². The lowest BCUT2D eigenvalue weighted by Crippen LogP contribution is -2.25. The first-order chi connectivity index (χ1) is 11.5. The van der Waals surface area contributed by atoms with Crippen LogP contribution in [-0.2, 0) is 4.79 Å². The van der Waals surface area contributed by atoms with E-state index in [0.29, 0.717) is 12.4 Å². The average molecular weight is 326 g/mol. The fraction of sp³-hybridized carbons (Fsp3) is 0.389. The van der Waals surface area contributed by atoms with Gasteiger partial charge < -0.3 is 9.84 Å². The summed E-state index contributed by atoms with van der Waals surface area (Å²) in [6, 6.07) is 5.75. The highest BCUT2D eigenvalue weighted by molar-refractivity contribution is 6.01. The maximum absolute atomic E-state index is 12.1. The summed E-state index contributed by atoms with van der Waals surface area (Å²) in [5, 5.41) is 16.1. The van der Waals surface area contributed by atoms with Crippen LogP contribution >= 0.6 is 0 Å². The van der Waals surface area contributed by atoms with Crippen molar-refractivity contribution in [1.29, 1.82) is 5.26 Å². The quantitative estimate of drug-likeness (QED) is 0.502. The second kappa shape index (κ2) is 7.64. The molecule has 126 valence electrons. The summed E-state index contributed by atoms with van der Waals surface area (Å²) in [5.41, 5.74) is 2.77. The number of hydrogen-bond acceptors (Lipinski definition) is 4. The van der Waals surface area contributed by atoms with Crippen LogP contribution in [0.1, 0.15) is 42.5 Å². The fourth-order valence-corrected chi connectivity index (χ4v) is 2.52. The van der Waals surface area contributed by atoms with Crippen LogP contribution in [0.4, 0.5) is 0 Å². The molecule has 2 rings (SSSR count). The van der Waals surface area contributed by atoms with Gasteiger partial charge in [-0.25, -0.2) is 0 Å². The van der Waals surface area contributed by atoms with E-state index >= 15 is 0 Å². The second-order valence-electron chi connectivity index (χ2n) is 5.74. The first-order valence-electron chi connectivity index (χ1n) is 8.00. The molecule has 0 radical (unpaired) electrons. The molecular formula is C18H22N4O2. The van der Waals surface area contributed by atoms with Crippen molar-refractivity contribution in [3.8, 4) is 11.9 Å². The van der Waals surface area contributed by atoms with Gasteiger partial charge in [0.1, 0.15) is 17.4 Å². The number of nitriles is 1. The van der Waals surface area contributed by atoms with Gasteiger partial charge in [0.2, 0.25) is 0 Å². The number of nitrogens with zero attached hydrogens (tertiary/aromatic N) is 3. The van der Waals surface area contributed by atoms with E-state index < -0.39 is 0 Å². The molecule has 2 heterocycles. The van der Waals surface area contributed by atoms with Crippen LogP contribution < -0.4 is 5.32 Å². The van der Waals surface area contributed by atoms with Gasteiger partial charge in [-0.3, -0.25) is 9.36 Å². The van der Waals surface area contributed by atoms with Crippen LogP contribution in [-0.4, -0.2) is 22.2 Å². The van der Waals surface area contributed by atoms with E-state index in [2.05, 4.69) is 10.5 Å². The number of amides is 1. The van der Waals surface area contributed by atoms with E-state index in [4.69, 9.17) is 4.52 Å². The maximum Gasteiger partial charge on any atom is 0.261 e. The van der Waals surface area contributed by atoms with Gasteiger partial charge in [0.15, 0.2) is 5.82 Å². The fourth-order valence-electron chi connectivity index (χ4n) is 2.52. The normalized spacial score (nSPS) is 11.4. The predicted molar refractivity (Wildman–Crippen MR) is 91.5 cm³/mol. The Labute approximate surface area is 141 Å². The molecule has 6 heteroatoms. The standard InChI is InChI=1S/C18H22N4O2/c1-5-6-7-20-18(23)16(11-19)10-15-8-12(2)22(14(15)4)17-9-13(3)24-21-17/h8-10H,5-7H2,1-4H3,(H,20,23)/b16-10+. The lowest BCUT2D eigenvalue weighted by atomic mass is 10.1. The summed E-state index contributed by atoms with van der Waals surface area (Å²) in [6.07, 6.45) is 3.50. The molecule has 0 aliphatic carbocycles. The Hall–Kier alpha value is -2.81. The molecule has 0 spiro atoms. The van der Waals surface area contributed by atoms with Gasteiger partial charge in [0.25, 0.3) is 5.91 Å². The summed E-state index contributed by atoms with van der Waals surface area (Å²) in [5.74, 6) is 1.07. The van der Waals surface area contributed by atoms with Crippen LogP contribution in [0.15, 0.2) is 22.2 Å². The highest BCUT2D eigenvalue weighted by atomic mass is 16.5. The molecule has 1 amide bonds. The number of hydrogen-bond donors (Lipinski definition) is 1. The monoisotopic (exact) mass is 326 g/mol. The highest BCUT2D eigenvalue weighted by Gasteiger charge is 2.15. The summed E-state index contributed by atoms with van der Waals surface area (Å²) in [6.45, 7) is 8.33. The number of nitrogens with one attached hydrogen (secondary N) is 1. The molecule has 2 aromatic rings. The van der Waals surface area contributed by atoms with E-state index in [1.165, 1.54) is 0 Å². The lowest BCUT2D eigenvalue weighted by molar-refractivity contribution is -0.117. The Bertz CT molecular complexity index is 806. The third-order valence-electron chi connectivity index (χ3n) is 3.80. The molecule has 0 aliphatic rings. The van der Waals surface area contributed by atoms with Crippen molar-refractivity contribution < 1.29 is 9.32 Å². The minimum absolute atomic E-state index is 0.0997. The van der Waals surface area contributed by atoms with E-state index in [1.807, 2.05) is 50.5 Å². The zero-order valence-corrected chi connectivity index (χ0v) is 14.5. The predicted octanol–water partition coefficient (Wildman–Crippen LogP) is 3.21. The zero-order chi connectivity index (χ0) is 17.7. The summed E-state index contributed by atoms with van der Waals surface area (Å²) < 4.78 is 7.07. The van der Waals surface area contributed by atoms with Crippen LogP contribution in [0, 0.1) is 32.1 Å². The molecule has 0 aliphatic heterocycles. The summed E-state index contributed by atoms with van der Waals surface area (Å²) in [4.78, 5) is 12.1. The highest BCUT2D eigenvalue weighted by Crippen LogP contribution is 2.22. The topological polar surface area (TPSA) is 83.9 Å². The van der Waals surface area contributed by atoms with Crippen LogP contribution in [0.25, 0.3) is 11.9 Å². The summed E-state index contributed by atoms with van der Waals surface area (Å²) in [7, 11) is 0. The Morgan fingerprint density at radius 3 is 2.75 bits per heavy atom. The van der Waals surface area contributed by atoms with E-state index in [0.717, 1.165) is 35.6 Å². The minimum atomic E-state index is -0.340. The molecule has 2 aromatic heterocycles. The van der Waals surface area contributed by atoms with Crippen LogP contribution in [0.3, 0.4) is 0 Å². The maximum atomic E-state index is 12.1. The van der Waals surface area contributed by atoms with Gasteiger partial charge in [0.05, 0.1) is 0 Å². The van der Waals surface area contributed by atoms with Gasteiger partial charge in [-0.15, -0.1) is 0 Å². The Morgan fingerprint density at radius 1 is 1.42 bits per heavy atom. The molecule has 0 atom stereocenters. The van der Waals surface area contributed by atoms with E-state index in [-0.39, 0.29) is 11.5 Å². The number of aryl methyl sites for hydroxylation is 2. The van der Waals surface area contributed by atoms with Crippen molar-refractivity contribution in [2.45, 2.75) is 40.5 Å². The third kappa shape index (κ3) is 3.74. The van der Waals surface area contributed by atoms with Gasteiger partial charge in [-0.05, 0) is 44.9 Å². The van der Waals surface area contributed by atoms with Crippen molar-refractivity contribution in [2.24, 2.45) is 0 Å². The van der Waals surface area contributed by atoms with E-state index in [9.17, 15) is 10.1 Å². The average Bonchev–Trinajstić information content (AvgIpc) is 3.08. The molecule has 0 saturated heterocycles. The first kappa shape index (κ1) is 17.5. The number of carbonyl (C=O) groups is 1. The largest absolute Gasteiger partial charge is 0.360 e. The molecule has 0 fully saturated rings. The van der Waals surface area contributed by atoms with Crippen LogP contribution in [0.5, 0.6) is 0 Å². The molecule has 24 heavy (non-hydrogen) atoms.